The van der Waals surface area contributed by atoms with Crippen molar-refractivity contribution in [2.75, 3.05) is 19.9 Å². The molecule has 0 radical (unpaired) electrons. The summed E-state index contributed by atoms with van der Waals surface area (Å²) in [5.74, 6) is 2.32. The quantitative estimate of drug-likeness (QED) is 0.504. The molecule has 0 bridgehead atoms. The van der Waals surface area contributed by atoms with Crippen LogP contribution >= 0.6 is 20.7 Å². The van der Waals surface area contributed by atoms with E-state index in [0.29, 0.717) is 18.1 Å². The van der Waals surface area contributed by atoms with Crippen molar-refractivity contribution >= 4 is 30.1 Å². The fourth-order valence-corrected chi connectivity index (χ4v) is 6.82. The first kappa shape index (κ1) is 16.4. The lowest BCUT2D eigenvalue weighted by Gasteiger charge is -2.21. The van der Waals surface area contributed by atoms with Crippen molar-refractivity contribution in [1.82, 2.24) is 4.90 Å². The molecule has 6 heteroatoms. The van der Waals surface area contributed by atoms with E-state index < -0.39 is 5.41 Å². The molecule has 0 aromatic heterocycles. The van der Waals surface area contributed by atoms with Gasteiger partial charge in [0, 0.05) is 21.7 Å². The summed E-state index contributed by atoms with van der Waals surface area (Å²) in [6.07, 6.45) is 7.50. The smallest absolute Gasteiger partial charge is 0.246 e. The Morgan fingerprint density at radius 2 is 2.00 bits per heavy atom. The zero-order valence-corrected chi connectivity index (χ0v) is 16.7. The second-order valence-corrected chi connectivity index (χ2v) is 9.27. The lowest BCUT2D eigenvalue weighted by molar-refractivity contribution is -0.131. The molecule has 0 aliphatic carbocycles. The zero-order valence-electron chi connectivity index (χ0n) is 14.6. The van der Waals surface area contributed by atoms with E-state index in [1.807, 2.05) is 17.0 Å². The largest absolute Gasteiger partial charge is 0.491 e. The van der Waals surface area contributed by atoms with Gasteiger partial charge in [0.05, 0.1) is 5.70 Å². The molecule has 0 saturated carbocycles. The molecule has 1 fully saturated rings. The van der Waals surface area contributed by atoms with Gasteiger partial charge in [-0.1, -0.05) is 46.6 Å². The molecule has 1 aromatic carbocycles. The van der Waals surface area contributed by atoms with Crippen LogP contribution in [0.1, 0.15) is 31.7 Å². The first-order valence-electron chi connectivity index (χ1n) is 9.02. The highest BCUT2D eigenvalue weighted by Crippen LogP contribution is 2.53. The van der Waals surface area contributed by atoms with Crippen molar-refractivity contribution in [3.63, 3.8) is 0 Å². The third-order valence-corrected chi connectivity index (χ3v) is 8.23. The van der Waals surface area contributed by atoms with Crippen molar-refractivity contribution in [2.45, 2.75) is 31.6 Å². The monoisotopic (exact) mass is 465 g/mol. The van der Waals surface area contributed by atoms with E-state index in [2.05, 4.69) is 23.2 Å². The average molecular weight is 465 g/mol. The number of fused-ring (bicyclic) bond motifs is 5. The summed E-state index contributed by atoms with van der Waals surface area (Å²) in [4.78, 5) is 15.7. The van der Waals surface area contributed by atoms with E-state index in [4.69, 9.17) is 14.2 Å². The molecule has 0 N–H and O–H groups in total. The van der Waals surface area contributed by atoms with Crippen molar-refractivity contribution in [2.24, 2.45) is 0 Å². The van der Waals surface area contributed by atoms with Crippen LogP contribution in [0.3, 0.4) is 0 Å². The summed E-state index contributed by atoms with van der Waals surface area (Å²) in [7, 11) is 0. The molecule has 1 unspecified atom stereocenters. The molecule has 1 spiro atoms. The highest BCUT2D eigenvalue weighted by Gasteiger charge is 2.59. The first-order chi connectivity index (χ1) is 12.8. The lowest BCUT2D eigenvalue weighted by Crippen LogP contribution is -2.42. The normalized spacial score (nSPS) is 24.8. The van der Waals surface area contributed by atoms with Crippen LogP contribution in [0.15, 0.2) is 34.1 Å². The number of carbonyl (C=O) groups is 1. The van der Waals surface area contributed by atoms with Crippen molar-refractivity contribution < 1.29 is 19.0 Å². The van der Waals surface area contributed by atoms with E-state index in [1.54, 1.807) is 0 Å². The Labute approximate surface area is 162 Å². The third kappa shape index (κ3) is 2.14. The third-order valence-electron chi connectivity index (χ3n) is 5.36. The molecule has 4 aliphatic rings. The van der Waals surface area contributed by atoms with Gasteiger partial charge in [-0.2, -0.15) is 0 Å². The summed E-state index contributed by atoms with van der Waals surface area (Å²) >= 11 is -0.345. The Morgan fingerprint density at radius 1 is 1.15 bits per heavy atom. The number of hydrogen-bond donors (Lipinski definition) is 0. The van der Waals surface area contributed by atoms with Crippen LogP contribution in [0.5, 0.6) is 17.2 Å². The molecule has 5 rings (SSSR count). The van der Waals surface area contributed by atoms with Crippen LogP contribution in [-0.2, 0) is 10.2 Å². The van der Waals surface area contributed by atoms with Gasteiger partial charge in [0.2, 0.25) is 12.7 Å². The second-order valence-electron chi connectivity index (χ2n) is 6.85. The minimum absolute atomic E-state index is 0.163. The maximum Gasteiger partial charge on any atom is 0.246 e. The van der Waals surface area contributed by atoms with E-state index >= 15 is 0 Å². The maximum absolute atomic E-state index is 13.7. The summed E-state index contributed by atoms with van der Waals surface area (Å²) in [5, 5.41) is 0. The van der Waals surface area contributed by atoms with Gasteiger partial charge in [0.15, 0.2) is 11.5 Å². The number of halogens is 1. The van der Waals surface area contributed by atoms with Crippen LogP contribution in [0.4, 0.5) is 0 Å². The number of likely N-dealkylation sites (tertiary alicyclic amines) is 1. The number of unbranched alkanes of at least 4 members (excludes halogenated alkanes) is 2. The number of hydrogen-bond acceptors (Lipinski definition) is 4. The first-order valence-corrected chi connectivity index (χ1v) is 11.3. The molecule has 4 heterocycles. The number of amides is 1. The van der Waals surface area contributed by atoms with Crippen molar-refractivity contribution in [1.29, 1.82) is 0 Å². The molecular weight excluding hydrogens is 445 g/mol. The summed E-state index contributed by atoms with van der Waals surface area (Å²) in [6.45, 7) is 3.57. The second kappa shape index (κ2) is 6.11. The van der Waals surface area contributed by atoms with Crippen LogP contribution in [0, 0.1) is 0 Å². The number of ether oxygens (including phenoxy) is 3. The molecule has 4 aliphatic heterocycles. The highest BCUT2D eigenvalue weighted by atomic mass is 127. The van der Waals surface area contributed by atoms with Crippen LogP contribution in [0.2, 0.25) is 0 Å². The van der Waals surface area contributed by atoms with E-state index in [1.165, 1.54) is 3.51 Å². The van der Waals surface area contributed by atoms with Crippen LogP contribution in [0.25, 0.3) is 0 Å². The van der Waals surface area contributed by atoms with Crippen molar-refractivity contribution in [3.8, 4) is 17.2 Å². The number of allylic oxidation sites excluding steroid dienone is 3. The molecule has 26 heavy (non-hydrogen) atoms. The SMILES string of the molecule is CCCCCN1C(=O)C2(COc3cc4c(cc32)OCO4)C2=IC=CC=C21. The van der Waals surface area contributed by atoms with Gasteiger partial charge in [0.1, 0.15) is 17.8 Å². The minimum Gasteiger partial charge on any atom is -0.491 e. The van der Waals surface area contributed by atoms with Gasteiger partial charge in [-0.05, 0) is 22.6 Å². The predicted molar refractivity (Wildman–Crippen MR) is 107 cm³/mol. The Morgan fingerprint density at radius 3 is 2.85 bits per heavy atom. The number of benzene rings is 1. The van der Waals surface area contributed by atoms with Gasteiger partial charge in [-0.25, -0.2) is 0 Å². The summed E-state index contributed by atoms with van der Waals surface area (Å²) in [6, 6.07) is 3.84. The molecule has 1 atom stereocenters. The number of rotatable bonds is 4. The standard InChI is InChI=1S/C20H20INO4/c1-2-3-4-8-22-14-6-5-7-21-18(14)20(19(22)23)11-24-15-10-17-16(9-13(15)20)25-12-26-17/h5-7,9-10H,2-4,8,11-12H2,1H3. The Balaban J connectivity index is 1.62. The average Bonchev–Trinajstić information content (AvgIpc) is 3.33. The fourth-order valence-electron chi connectivity index (χ4n) is 4.05. The minimum atomic E-state index is -0.674. The van der Waals surface area contributed by atoms with Gasteiger partial charge in [-0.15, -0.1) is 0 Å². The highest BCUT2D eigenvalue weighted by molar-refractivity contribution is 14.2. The predicted octanol–water partition coefficient (Wildman–Crippen LogP) is 3.63. The molecule has 1 saturated heterocycles. The van der Waals surface area contributed by atoms with E-state index in [-0.39, 0.29) is 33.4 Å². The summed E-state index contributed by atoms with van der Waals surface area (Å²) in [5.41, 5.74) is 1.38. The lowest BCUT2D eigenvalue weighted by atomic mass is 9.80. The molecule has 5 nitrogen and oxygen atoms in total. The van der Waals surface area contributed by atoms with Gasteiger partial charge >= 0.3 is 0 Å². The Bertz CT molecular complexity index is 888. The zero-order chi connectivity index (χ0) is 17.7. The topological polar surface area (TPSA) is 48.0 Å². The van der Waals surface area contributed by atoms with Gasteiger partial charge in [-0.3, -0.25) is 4.79 Å². The Kier molecular flexibility index (Phi) is 3.84. The molecule has 136 valence electrons. The number of carbonyl (C=O) groups excluding carboxylic acids is 1. The summed E-state index contributed by atoms with van der Waals surface area (Å²) < 4.78 is 20.6. The molecule has 1 amide bonds. The van der Waals surface area contributed by atoms with Gasteiger partial charge in [0.25, 0.3) is 0 Å². The molecular formula is C20H20INO4. The number of nitrogens with zero attached hydrogens (tertiary/aromatic N) is 1. The molecule has 1 aromatic rings. The van der Waals surface area contributed by atoms with E-state index in [9.17, 15) is 4.79 Å². The van der Waals surface area contributed by atoms with Crippen LogP contribution in [-0.4, -0.2) is 34.3 Å². The van der Waals surface area contributed by atoms with E-state index in [0.717, 1.165) is 42.8 Å². The van der Waals surface area contributed by atoms with Crippen LogP contribution < -0.4 is 14.2 Å². The Hall–Kier alpha value is -1.83. The fraction of sp³-hybridized carbons (Fsp3) is 0.400. The van der Waals surface area contributed by atoms with Gasteiger partial charge < -0.3 is 19.1 Å². The maximum atomic E-state index is 13.7. The van der Waals surface area contributed by atoms with Crippen molar-refractivity contribution in [3.05, 3.63) is 39.6 Å².